The largest absolute Gasteiger partial charge is 0.480 e. The summed E-state index contributed by atoms with van der Waals surface area (Å²) in [7, 11) is 4.83. The van der Waals surface area contributed by atoms with E-state index < -0.39 is 33.3 Å². The monoisotopic (exact) mass is 1290 g/mol. The molecule has 4 amide bonds. The van der Waals surface area contributed by atoms with Gasteiger partial charge in [-0.1, -0.05) is 114 Å². The van der Waals surface area contributed by atoms with Gasteiger partial charge in [-0.15, -0.1) is 23.5 Å². The molecule has 0 fully saturated rings. The minimum atomic E-state index is -0.913. The summed E-state index contributed by atoms with van der Waals surface area (Å²) >= 11 is 23.3. The van der Waals surface area contributed by atoms with Crippen LogP contribution in [0.3, 0.4) is 0 Å². The second-order valence-corrected chi connectivity index (χ2v) is 28.3. The molecule has 2 unspecified atom stereocenters. The summed E-state index contributed by atoms with van der Waals surface area (Å²) in [6.45, 7) is 20.0. The lowest BCUT2D eigenvalue weighted by Crippen LogP contribution is -2.38. The standard InChI is InChI=1S/C24H28ClNO4S.C23H26ClNO4S.C18H25ClN2O3S/c1-24(2,3)30-23(28)26-14-12-16-10-11-19(25)21(18(16)13-15-26)31-20(22(27)29-4)17-8-6-5-7-9-17;1-23(2,3)29-22(28)25-13-11-15-9-10-18(24)20(17(15)12-14-25)30-19(21(26)27)16-7-5-4-6-8-16;1-18(2,3)24-16(22)21-10-8-12-6-7-14(19)15(13(12)9-11-21)25-17(23)20(4)5/h5-11,20H,12-15H2,1-4H3;4-10,19H,11-14H2,1-3H3,(H,26,27);6-7H,8-11H2,1-5H3. The van der Waals surface area contributed by atoms with Gasteiger partial charge in [-0.05, 0) is 175 Å². The molecule has 21 heteroatoms. The first-order valence-corrected chi connectivity index (χ1v) is 32.1. The van der Waals surface area contributed by atoms with Gasteiger partial charge in [0, 0.05) is 68.1 Å². The molecule has 5 aromatic rings. The lowest BCUT2D eigenvalue weighted by atomic mass is 10.0. The zero-order chi connectivity index (χ0) is 63.3. The van der Waals surface area contributed by atoms with Crippen molar-refractivity contribution in [3.05, 3.63) is 157 Å². The van der Waals surface area contributed by atoms with Crippen molar-refractivity contribution in [1.29, 1.82) is 0 Å². The summed E-state index contributed by atoms with van der Waals surface area (Å²) in [5, 5.41) is 10.2. The first-order chi connectivity index (χ1) is 40.4. The quantitative estimate of drug-likeness (QED) is 0.0839. The Labute approximate surface area is 534 Å². The Morgan fingerprint density at radius 3 is 1.12 bits per heavy atom. The molecule has 0 saturated carbocycles. The number of amides is 4. The Morgan fingerprint density at radius 2 is 0.791 bits per heavy atom. The SMILES string of the molecule is CC(C)(C)OC(=O)N1CCc2ccc(Cl)c(SC(C(=O)O)c3ccccc3)c2CC1.CN(C)C(=O)Sc1c(Cl)ccc2c1CCN(C(=O)OC(C)(C)C)CC2.COC(=O)C(Sc1c(Cl)ccc2c1CCN(C(=O)OC(C)(C)C)CC2)c1ccccc1. The van der Waals surface area contributed by atoms with Gasteiger partial charge in [0.2, 0.25) is 0 Å². The number of carbonyl (C=O) groups is 6. The molecule has 0 spiro atoms. The number of rotatable bonds is 9. The summed E-state index contributed by atoms with van der Waals surface area (Å²) in [5.74, 6) is -1.24. The Hall–Kier alpha value is -5.76. The number of aliphatic carboxylic acids is 1. The molecule has 0 radical (unpaired) electrons. The maximum atomic E-state index is 12.6. The van der Waals surface area contributed by atoms with Crippen LogP contribution in [-0.4, -0.2) is 137 Å². The number of benzene rings is 5. The minimum absolute atomic E-state index is 0.0662. The number of carbonyl (C=O) groups excluding carboxylic acids is 5. The van der Waals surface area contributed by atoms with Gasteiger partial charge in [0.25, 0.3) is 5.24 Å². The normalized spacial score (nSPS) is 14.9. The fraction of sp³-hybridized carbons (Fsp3) is 0.446. The van der Waals surface area contributed by atoms with Crippen molar-refractivity contribution in [2.45, 2.75) is 143 Å². The number of hydrogen-bond acceptors (Lipinski definition) is 13. The molecule has 2 atom stereocenters. The van der Waals surface area contributed by atoms with Crippen LogP contribution in [0.1, 0.15) is 117 Å². The number of hydrogen-bond donors (Lipinski definition) is 1. The van der Waals surface area contributed by atoms with Crippen LogP contribution in [0.5, 0.6) is 0 Å². The molecule has 3 aliphatic rings. The van der Waals surface area contributed by atoms with Crippen LogP contribution >= 0.6 is 70.1 Å². The highest BCUT2D eigenvalue weighted by Crippen LogP contribution is 2.45. The van der Waals surface area contributed by atoms with Crippen LogP contribution in [0, 0.1) is 0 Å². The Kier molecular flexibility index (Phi) is 24.9. The minimum Gasteiger partial charge on any atom is -0.480 e. The van der Waals surface area contributed by atoms with Crippen LogP contribution in [0.25, 0.3) is 0 Å². The van der Waals surface area contributed by atoms with E-state index in [0.29, 0.717) is 92.0 Å². The predicted molar refractivity (Wildman–Crippen MR) is 345 cm³/mol. The smallest absolute Gasteiger partial charge is 0.410 e. The second kappa shape index (κ2) is 30.9. The van der Waals surface area contributed by atoms with Crippen molar-refractivity contribution in [3.8, 4) is 0 Å². The van der Waals surface area contributed by atoms with E-state index in [-0.39, 0.29) is 29.5 Å². The number of thioether (sulfide) groups is 3. The molecular weight excluding hydrogens is 1220 g/mol. The van der Waals surface area contributed by atoms with Gasteiger partial charge in [-0.25, -0.2) is 14.4 Å². The number of fused-ring (bicyclic) bond motifs is 3. The molecule has 1 N–H and O–H groups in total. The number of carboxylic acid groups (broad SMARTS) is 1. The third kappa shape index (κ3) is 20.1. The fourth-order valence-corrected chi connectivity index (χ4v) is 13.7. The number of ether oxygens (including phenoxy) is 4. The Balaban J connectivity index is 0.000000208. The molecule has 3 heterocycles. The molecular formula is C65H79Cl3N4O11S3. The molecule has 86 heavy (non-hydrogen) atoms. The van der Waals surface area contributed by atoms with E-state index >= 15 is 0 Å². The maximum absolute atomic E-state index is 12.6. The molecule has 464 valence electrons. The van der Waals surface area contributed by atoms with Crippen LogP contribution in [0.2, 0.25) is 15.1 Å². The van der Waals surface area contributed by atoms with Crippen molar-refractivity contribution in [1.82, 2.24) is 19.6 Å². The average molecular weight is 1290 g/mol. The molecule has 5 aromatic carbocycles. The van der Waals surface area contributed by atoms with E-state index in [0.717, 1.165) is 71.8 Å². The van der Waals surface area contributed by atoms with E-state index in [9.17, 15) is 33.9 Å². The highest BCUT2D eigenvalue weighted by Gasteiger charge is 2.32. The zero-order valence-electron chi connectivity index (χ0n) is 51.1. The Morgan fingerprint density at radius 1 is 0.477 bits per heavy atom. The average Bonchev–Trinajstić information content (AvgIpc) is 2.71. The third-order valence-electron chi connectivity index (χ3n) is 13.6. The molecule has 0 saturated heterocycles. The summed E-state index contributed by atoms with van der Waals surface area (Å²) in [5.41, 5.74) is 6.47. The van der Waals surface area contributed by atoms with Gasteiger partial charge in [-0.3, -0.25) is 14.4 Å². The highest BCUT2D eigenvalue weighted by molar-refractivity contribution is 8.13. The van der Waals surface area contributed by atoms with Crippen LogP contribution in [0.4, 0.5) is 19.2 Å². The van der Waals surface area contributed by atoms with E-state index in [4.69, 9.17) is 53.8 Å². The van der Waals surface area contributed by atoms with Crippen LogP contribution in [-0.2, 0) is 67.1 Å². The van der Waals surface area contributed by atoms with Crippen molar-refractivity contribution >= 4 is 106 Å². The summed E-state index contributed by atoms with van der Waals surface area (Å²) in [6, 6.07) is 30.2. The van der Waals surface area contributed by atoms with Gasteiger partial charge < -0.3 is 43.7 Å². The van der Waals surface area contributed by atoms with Crippen molar-refractivity contribution in [2.75, 3.05) is 60.5 Å². The van der Waals surface area contributed by atoms with Gasteiger partial charge >= 0.3 is 30.2 Å². The van der Waals surface area contributed by atoms with E-state index in [1.165, 1.54) is 35.5 Å². The highest BCUT2D eigenvalue weighted by atomic mass is 35.5. The fourth-order valence-electron chi connectivity index (χ4n) is 9.47. The molecule has 0 aromatic heterocycles. The van der Waals surface area contributed by atoms with Gasteiger partial charge in [-0.2, -0.15) is 0 Å². The molecule has 3 aliphatic heterocycles. The lowest BCUT2D eigenvalue weighted by Gasteiger charge is -2.26. The number of carboxylic acids is 1. The molecule has 0 bridgehead atoms. The van der Waals surface area contributed by atoms with Crippen LogP contribution < -0.4 is 0 Å². The van der Waals surface area contributed by atoms with E-state index in [1.54, 1.807) is 28.8 Å². The maximum Gasteiger partial charge on any atom is 0.410 e. The van der Waals surface area contributed by atoms with Crippen LogP contribution in [0.15, 0.2) is 112 Å². The number of nitrogens with zero attached hydrogens (tertiary/aromatic N) is 4. The zero-order valence-corrected chi connectivity index (χ0v) is 55.8. The Bertz CT molecular complexity index is 3210. The van der Waals surface area contributed by atoms with Gasteiger partial charge in [0.15, 0.2) is 0 Å². The lowest BCUT2D eigenvalue weighted by molar-refractivity contribution is -0.140. The van der Waals surface area contributed by atoms with Gasteiger partial charge in [0.05, 0.1) is 22.2 Å². The van der Waals surface area contributed by atoms with Crippen molar-refractivity contribution in [3.63, 3.8) is 0 Å². The van der Waals surface area contributed by atoms with Gasteiger partial charge in [0.1, 0.15) is 27.3 Å². The first-order valence-electron chi connectivity index (χ1n) is 28.4. The summed E-state index contributed by atoms with van der Waals surface area (Å²) in [4.78, 5) is 83.3. The molecule has 8 rings (SSSR count). The third-order valence-corrected chi connectivity index (χ3v) is 18.9. The summed E-state index contributed by atoms with van der Waals surface area (Å²) in [6.07, 6.45) is 3.04. The number of halogens is 3. The topological polar surface area (TPSA) is 173 Å². The number of esters is 1. The summed E-state index contributed by atoms with van der Waals surface area (Å²) < 4.78 is 21.6. The molecule has 0 aliphatic carbocycles. The first kappa shape index (κ1) is 69.3. The molecule has 15 nitrogen and oxygen atoms in total. The van der Waals surface area contributed by atoms with Crippen molar-refractivity contribution < 1.29 is 52.8 Å². The van der Waals surface area contributed by atoms with E-state index in [2.05, 4.69) is 0 Å². The predicted octanol–water partition coefficient (Wildman–Crippen LogP) is 15.7. The number of methoxy groups -OCH3 is 1. The second-order valence-electron chi connectivity index (χ2n) is 23.9. The van der Waals surface area contributed by atoms with Crippen molar-refractivity contribution in [2.24, 2.45) is 0 Å². The van der Waals surface area contributed by atoms with E-state index in [1.807, 2.05) is 159 Å².